The smallest absolute Gasteiger partial charge is 0.191 e. The van der Waals surface area contributed by atoms with Crippen LogP contribution in [0.2, 0.25) is 0 Å². The summed E-state index contributed by atoms with van der Waals surface area (Å²) in [6.45, 7) is 9.04. The second-order valence-corrected chi connectivity index (χ2v) is 7.15. The van der Waals surface area contributed by atoms with E-state index in [1.807, 2.05) is 39.0 Å². The maximum Gasteiger partial charge on any atom is 0.191 e. The van der Waals surface area contributed by atoms with Crippen LogP contribution in [0.5, 0.6) is 11.5 Å². The largest absolute Gasteiger partial charge is 0.491 e. The van der Waals surface area contributed by atoms with Crippen LogP contribution in [0.4, 0.5) is 4.39 Å². The molecule has 7 nitrogen and oxygen atoms in total. The van der Waals surface area contributed by atoms with Crippen molar-refractivity contribution in [3.05, 3.63) is 59.4 Å². The van der Waals surface area contributed by atoms with E-state index in [1.54, 1.807) is 0 Å². The van der Waals surface area contributed by atoms with Crippen LogP contribution in [0.15, 0.2) is 47.5 Å². The van der Waals surface area contributed by atoms with E-state index in [2.05, 4.69) is 15.6 Å². The molecule has 1 atom stereocenters. The van der Waals surface area contributed by atoms with Gasteiger partial charge in [0, 0.05) is 25.3 Å². The predicted octanol–water partition coefficient (Wildman–Crippen LogP) is 3.66. The van der Waals surface area contributed by atoms with E-state index in [0.29, 0.717) is 44.6 Å². The lowest BCUT2D eigenvalue weighted by atomic mass is 10.1. The second kappa shape index (κ2) is 16.5. The number of aliphatic imine (C=N–C) groups is 1. The number of hydrogen-bond donors (Lipinski definition) is 3. The molecular weight excluding hydrogens is 540 g/mol. The monoisotopic (exact) mass is 575 g/mol. The number of nitrogens with zero attached hydrogens (tertiary/aromatic N) is 1. The number of aryl methyl sites for hydroxylation is 1. The highest BCUT2D eigenvalue weighted by Crippen LogP contribution is 2.21. The number of guanidine groups is 1. The van der Waals surface area contributed by atoms with Crippen LogP contribution < -0.4 is 20.1 Å². The Kier molecular flexibility index (Phi) is 14.5. The van der Waals surface area contributed by atoms with E-state index >= 15 is 0 Å². The molecule has 0 aliphatic heterocycles. The van der Waals surface area contributed by atoms with Crippen molar-refractivity contribution < 1.29 is 23.7 Å². The van der Waals surface area contributed by atoms with Crippen LogP contribution >= 0.6 is 24.0 Å². The molecule has 0 fully saturated rings. The Morgan fingerprint density at radius 3 is 2.52 bits per heavy atom. The van der Waals surface area contributed by atoms with Gasteiger partial charge in [-0.2, -0.15) is 0 Å². The van der Waals surface area contributed by atoms with Gasteiger partial charge in [0.1, 0.15) is 36.6 Å². The molecule has 0 aromatic heterocycles. The summed E-state index contributed by atoms with van der Waals surface area (Å²) in [6.07, 6.45) is -0.763. The lowest BCUT2D eigenvalue weighted by molar-refractivity contribution is 0.110. The fraction of sp³-hybridized carbons (Fsp3) is 0.458. The van der Waals surface area contributed by atoms with Crippen molar-refractivity contribution >= 4 is 29.9 Å². The van der Waals surface area contributed by atoms with Gasteiger partial charge in [0.25, 0.3) is 0 Å². The molecule has 3 N–H and O–H groups in total. The molecule has 0 bridgehead atoms. The van der Waals surface area contributed by atoms with Gasteiger partial charge in [-0.3, -0.25) is 0 Å². The first-order chi connectivity index (χ1) is 15.5. The zero-order valence-electron chi connectivity index (χ0n) is 19.5. The molecule has 0 saturated heterocycles. The van der Waals surface area contributed by atoms with E-state index in [0.717, 1.165) is 16.9 Å². The summed E-state index contributed by atoms with van der Waals surface area (Å²) in [7, 11) is 0. The van der Waals surface area contributed by atoms with Gasteiger partial charge < -0.3 is 30.0 Å². The molecule has 0 heterocycles. The Morgan fingerprint density at radius 2 is 1.82 bits per heavy atom. The minimum atomic E-state index is -0.763. The van der Waals surface area contributed by atoms with Crippen molar-refractivity contribution in [1.29, 1.82) is 0 Å². The summed E-state index contributed by atoms with van der Waals surface area (Å²) >= 11 is 0. The molecule has 0 spiro atoms. The first-order valence-electron chi connectivity index (χ1n) is 10.9. The molecule has 0 saturated carbocycles. The molecule has 184 valence electrons. The highest BCUT2D eigenvalue weighted by Gasteiger charge is 2.09. The van der Waals surface area contributed by atoms with Gasteiger partial charge in [-0.15, -0.1) is 24.0 Å². The Bertz CT molecular complexity index is 837. The third-order valence-corrected chi connectivity index (χ3v) is 4.42. The van der Waals surface area contributed by atoms with Crippen molar-refractivity contribution in [2.45, 2.75) is 33.4 Å². The van der Waals surface area contributed by atoms with Crippen LogP contribution in [-0.4, -0.2) is 56.7 Å². The molecule has 0 aliphatic carbocycles. The van der Waals surface area contributed by atoms with Gasteiger partial charge in [0.05, 0.1) is 13.2 Å². The molecule has 2 aromatic carbocycles. The predicted molar refractivity (Wildman–Crippen MR) is 139 cm³/mol. The Hall–Kier alpha value is -2.11. The van der Waals surface area contributed by atoms with Gasteiger partial charge in [-0.1, -0.05) is 12.1 Å². The van der Waals surface area contributed by atoms with Gasteiger partial charge in [0.15, 0.2) is 5.96 Å². The van der Waals surface area contributed by atoms with E-state index in [1.165, 1.54) is 24.3 Å². The molecule has 0 aliphatic rings. The summed E-state index contributed by atoms with van der Waals surface area (Å²) in [5.74, 6) is 1.54. The zero-order valence-corrected chi connectivity index (χ0v) is 21.8. The quantitative estimate of drug-likeness (QED) is 0.146. The first-order valence-corrected chi connectivity index (χ1v) is 10.9. The minimum absolute atomic E-state index is 0. The number of rotatable bonds is 13. The zero-order chi connectivity index (χ0) is 23.2. The molecular formula is C24H35FIN3O4. The Labute approximate surface area is 212 Å². The van der Waals surface area contributed by atoms with Crippen molar-refractivity contribution in [2.24, 2.45) is 4.99 Å². The number of ether oxygens (including phenoxy) is 3. The lowest BCUT2D eigenvalue weighted by Gasteiger charge is -2.16. The number of nitrogens with one attached hydrogen (secondary N) is 2. The maximum atomic E-state index is 13.0. The number of hydrogen-bond acceptors (Lipinski definition) is 5. The molecule has 1 unspecified atom stereocenters. The van der Waals surface area contributed by atoms with E-state index < -0.39 is 6.10 Å². The first kappa shape index (κ1) is 28.9. The summed E-state index contributed by atoms with van der Waals surface area (Å²) in [5, 5.41) is 16.5. The number of benzene rings is 2. The van der Waals surface area contributed by atoms with Crippen LogP contribution in [0, 0.1) is 12.7 Å². The minimum Gasteiger partial charge on any atom is -0.491 e. The molecule has 2 aromatic rings. The van der Waals surface area contributed by atoms with Crippen molar-refractivity contribution in [3.8, 4) is 11.5 Å². The Balaban J connectivity index is 0.00000544. The lowest BCUT2D eigenvalue weighted by Crippen LogP contribution is -2.42. The molecule has 0 radical (unpaired) electrons. The molecule has 2 rings (SSSR count). The molecule has 0 amide bonds. The van der Waals surface area contributed by atoms with Crippen LogP contribution in [0.1, 0.15) is 25.0 Å². The maximum absolute atomic E-state index is 13.0. The summed E-state index contributed by atoms with van der Waals surface area (Å²) in [5.41, 5.74) is 2.07. The van der Waals surface area contributed by atoms with E-state index in [9.17, 15) is 9.50 Å². The van der Waals surface area contributed by atoms with Crippen molar-refractivity contribution in [2.75, 3.05) is 39.5 Å². The van der Waals surface area contributed by atoms with E-state index in [4.69, 9.17) is 14.2 Å². The van der Waals surface area contributed by atoms with Crippen LogP contribution in [-0.2, 0) is 11.3 Å². The topological polar surface area (TPSA) is 84.3 Å². The normalized spacial score (nSPS) is 12.0. The molecule has 33 heavy (non-hydrogen) atoms. The summed E-state index contributed by atoms with van der Waals surface area (Å²) < 4.78 is 29.7. The summed E-state index contributed by atoms with van der Waals surface area (Å²) in [6, 6.07) is 11.7. The van der Waals surface area contributed by atoms with Gasteiger partial charge >= 0.3 is 0 Å². The van der Waals surface area contributed by atoms with Gasteiger partial charge in [-0.25, -0.2) is 9.38 Å². The number of aliphatic hydroxyl groups excluding tert-OH is 1. The number of halogens is 2. The van der Waals surface area contributed by atoms with Gasteiger partial charge in [-0.05, 0) is 56.7 Å². The third kappa shape index (κ3) is 11.5. The fourth-order valence-electron chi connectivity index (χ4n) is 2.78. The average molecular weight is 575 g/mol. The van der Waals surface area contributed by atoms with Crippen molar-refractivity contribution in [3.63, 3.8) is 0 Å². The highest BCUT2D eigenvalue weighted by atomic mass is 127. The highest BCUT2D eigenvalue weighted by molar-refractivity contribution is 14.0. The fourth-order valence-corrected chi connectivity index (χ4v) is 2.78. The summed E-state index contributed by atoms with van der Waals surface area (Å²) in [4.78, 5) is 4.61. The van der Waals surface area contributed by atoms with Gasteiger partial charge in [0.2, 0.25) is 0 Å². The standard InChI is InChI=1S/C24H34FN3O4.HI/c1-4-26-24(28-16-21(29)17-32-22-10-8-20(25)9-11-22)27-15-19-7-6-18(3)14-23(19)31-13-12-30-5-2;/h6-11,14,21,29H,4-5,12-13,15-17H2,1-3H3,(H2,26,27,28);1H. The van der Waals surface area contributed by atoms with Crippen LogP contribution in [0.3, 0.4) is 0 Å². The third-order valence-electron chi connectivity index (χ3n) is 4.42. The molecule has 9 heteroatoms. The second-order valence-electron chi connectivity index (χ2n) is 7.15. The average Bonchev–Trinajstić information content (AvgIpc) is 2.79. The van der Waals surface area contributed by atoms with E-state index in [-0.39, 0.29) is 42.9 Å². The van der Waals surface area contributed by atoms with Crippen LogP contribution in [0.25, 0.3) is 0 Å². The Morgan fingerprint density at radius 1 is 1.06 bits per heavy atom. The van der Waals surface area contributed by atoms with Crippen molar-refractivity contribution in [1.82, 2.24) is 10.6 Å². The number of aliphatic hydroxyl groups is 1. The SMILES string of the molecule is CCNC(=NCc1ccc(C)cc1OCCOCC)NCC(O)COc1ccc(F)cc1.I.